The summed E-state index contributed by atoms with van der Waals surface area (Å²) in [5, 5.41) is -7.84. The molecular formula is C10HF21O5S. The first-order valence-electron chi connectivity index (χ1n) is 7.30. The number of hydrogen-bond donors (Lipinski definition) is 0. The van der Waals surface area contributed by atoms with E-state index in [1.165, 1.54) is 4.74 Å². The van der Waals surface area contributed by atoms with Crippen molar-refractivity contribution >= 4 is 10.2 Å². The van der Waals surface area contributed by atoms with Crippen LogP contribution in [0.4, 0.5) is 91.7 Å². The maximum atomic E-state index is 13.8. The van der Waals surface area contributed by atoms with E-state index in [2.05, 4.69) is 0 Å². The van der Waals surface area contributed by atoms with Gasteiger partial charge in [0.15, 0.2) is 0 Å². The van der Waals surface area contributed by atoms with Crippen molar-refractivity contribution in [3.8, 4) is 0 Å². The molecule has 3 atom stereocenters. The van der Waals surface area contributed by atoms with Gasteiger partial charge >= 0.3 is 64.0 Å². The van der Waals surface area contributed by atoms with Crippen molar-refractivity contribution < 1.29 is 114 Å². The second-order valence-corrected chi connectivity index (χ2v) is 7.26. The minimum absolute atomic E-state index is 1.11. The van der Waals surface area contributed by atoms with Crippen LogP contribution in [0.3, 0.4) is 0 Å². The van der Waals surface area contributed by atoms with Gasteiger partial charge in [0.25, 0.3) is 6.36 Å². The summed E-state index contributed by atoms with van der Waals surface area (Å²) >= 11 is 0. The van der Waals surface area contributed by atoms with Crippen LogP contribution in [-0.2, 0) is 24.4 Å². The molecule has 0 aromatic rings. The Morgan fingerprint density at radius 2 is 0.811 bits per heavy atom. The number of alkyl halides is 20. The molecule has 0 amide bonds. The van der Waals surface area contributed by atoms with Crippen LogP contribution in [-0.4, -0.2) is 68.6 Å². The Bertz CT molecular complexity index is 919. The van der Waals surface area contributed by atoms with Gasteiger partial charge < -0.3 is 0 Å². The summed E-state index contributed by atoms with van der Waals surface area (Å²) in [7, 11) is -8.30. The van der Waals surface area contributed by atoms with Crippen molar-refractivity contribution in [2.75, 3.05) is 0 Å². The van der Waals surface area contributed by atoms with E-state index in [0.29, 0.717) is 0 Å². The van der Waals surface area contributed by atoms with E-state index in [-0.39, 0.29) is 0 Å². The highest BCUT2D eigenvalue weighted by Gasteiger charge is 2.87. The molecule has 0 aromatic heterocycles. The van der Waals surface area contributed by atoms with E-state index in [9.17, 15) is 100 Å². The summed E-state index contributed by atoms with van der Waals surface area (Å²) in [4.78, 5) is 0. The molecular weight excluding hydrogens is 631 g/mol. The molecule has 0 saturated carbocycles. The molecule has 0 aliphatic rings. The minimum Gasteiger partial charge on any atom is -0.272 e. The molecule has 0 saturated heterocycles. The average molecular weight is 632 g/mol. The van der Waals surface area contributed by atoms with Crippen LogP contribution >= 0.6 is 0 Å². The van der Waals surface area contributed by atoms with Gasteiger partial charge in [-0.05, 0) is 0 Å². The molecule has 0 N–H and O–H groups in total. The van der Waals surface area contributed by atoms with Gasteiger partial charge in [-0.25, -0.2) is 4.39 Å². The number of ether oxygens (including phenoxy) is 3. The number of halogens is 21. The second-order valence-electron chi connectivity index (χ2n) is 5.87. The molecule has 0 fully saturated rings. The smallest absolute Gasteiger partial charge is 0.272 e. The van der Waals surface area contributed by atoms with E-state index >= 15 is 0 Å². The first-order valence-corrected chi connectivity index (χ1v) is 8.68. The lowest BCUT2D eigenvalue weighted by atomic mass is 10.2. The third-order valence-corrected chi connectivity index (χ3v) is 4.02. The largest absolute Gasteiger partial charge is 0.464 e. The predicted octanol–water partition coefficient (Wildman–Crippen LogP) is 6.02. The second kappa shape index (κ2) is 9.23. The fourth-order valence-electron chi connectivity index (χ4n) is 1.46. The molecule has 27 heteroatoms. The van der Waals surface area contributed by atoms with Gasteiger partial charge in [-0.2, -0.15) is 91.8 Å². The highest BCUT2D eigenvalue weighted by molar-refractivity contribution is 7.87. The molecule has 0 aliphatic carbocycles. The van der Waals surface area contributed by atoms with Gasteiger partial charge in [0.1, 0.15) is 0 Å². The first kappa shape index (κ1) is 35.4. The van der Waals surface area contributed by atoms with Gasteiger partial charge in [0.05, 0.1) is 0 Å². The monoisotopic (exact) mass is 632 g/mol. The summed E-state index contributed by atoms with van der Waals surface area (Å²) in [6.07, 6.45) is -53.7. The normalized spacial score (nSPS) is 19.8. The van der Waals surface area contributed by atoms with Gasteiger partial charge in [-0.3, -0.25) is 14.2 Å². The van der Waals surface area contributed by atoms with Crippen LogP contribution in [0, 0.1) is 0 Å². The Balaban J connectivity index is 7.01. The summed E-state index contributed by atoms with van der Waals surface area (Å²) in [6.45, 7) is 0. The molecule has 0 bridgehead atoms. The van der Waals surface area contributed by atoms with E-state index in [0.717, 1.165) is 9.47 Å². The van der Waals surface area contributed by atoms with E-state index in [1.807, 2.05) is 0 Å². The van der Waals surface area contributed by atoms with Crippen molar-refractivity contribution in [2.24, 2.45) is 0 Å². The minimum atomic E-state index is -8.55. The van der Waals surface area contributed by atoms with Crippen LogP contribution in [0.2, 0.25) is 0 Å². The highest BCUT2D eigenvalue weighted by Crippen LogP contribution is 2.57. The Morgan fingerprint density at radius 3 is 1.08 bits per heavy atom. The van der Waals surface area contributed by atoms with Crippen molar-refractivity contribution in [1.29, 1.82) is 0 Å². The molecule has 37 heavy (non-hydrogen) atoms. The number of rotatable bonds is 10. The third kappa shape index (κ3) is 6.34. The highest BCUT2D eigenvalue weighted by atomic mass is 32.3. The Morgan fingerprint density at radius 1 is 0.514 bits per heavy atom. The lowest BCUT2D eigenvalue weighted by Gasteiger charge is -2.41. The third-order valence-electron chi connectivity index (χ3n) is 3.17. The molecule has 0 aliphatic heterocycles. The van der Waals surface area contributed by atoms with Crippen LogP contribution in [0.25, 0.3) is 0 Å². The fraction of sp³-hybridized carbons (Fsp3) is 1.00. The molecule has 0 aromatic carbocycles. The summed E-state index contributed by atoms with van der Waals surface area (Å²) < 4.78 is 293. The lowest BCUT2D eigenvalue weighted by Crippen LogP contribution is -2.69. The van der Waals surface area contributed by atoms with Crippen LogP contribution in [0.1, 0.15) is 0 Å². The Labute approximate surface area is 186 Å². The van der Waals surface area contributed by atoms with E-state index in [4.69, 9.17) is 0 Å². The molecule has 0 radical (unpaired) electrons. The lowest BCUT2D eigenvalue weighted by molar-refractivity contribution is -0.568. The van der Waals surface area contributed by atoms with Gasteiger partial charge in [-0.1, -0.05) is 3.89 Å². The summed E-state index contributed by atoms with van der Waals surface area (Å²) in [5.41, 5.74) is 0. The maximum Gasteiger partial charge on any atom is 0.464 e. The van der Waals surface area contributed by atoms with Crippen molar-refractivity contribution in [2.45, 2.75) is 60.2 Å². The SMILES string of the molecule is O=S(=O)(F)C(F)(F)C(F)(F)OC(F)(C(F)(F)F)C(F)(F)OC(F)(C(F)(F)F)C(F)(F)OC(F)C(F)(F)F. The molecule has 5 nitrogen and oxygen atoms in total. The quantitative estimate of drug-likeness (QED) is 0.218. The van der Waals surface area contributed by atoms with Gasteiger partial charge in [0, 0.05) is 0 Å². The molecule has 0 rings (SSSR count). The summed E-state index contributed by atoms with van der Waals surface area (Å²) in [5.74, 6) is -16.8. The van der Waals surface area contributed by atoms with Crippen LogP contribution in [0.15, 0.2) is 0 Å². The zero-order valence-corrected chi connectivity index (χ0v) is 16.3. The zero-order valence-electron chi connectivity index (χ0n) is 15.5. The number of hydrogen-bond acceptors (Lipinski definition) is 5. The molecule has 0 spiro atoms. The predicted molar refractivity (Wildman–Crippen MR) is 63.8 cm³/mol. The Hall–Kier alpha value is -1.64. The average Bonchev–Trinajstić information content (AvgIpc) is 2.56. The van der Waals surface area contributed by atoms with Crippen LogP contribution < -0.4 is 0 Å². The van der Waals surface area contributed by atoms with Gasteiger partial charge in [0.2, 0.25) is 0 Å². The topological polar surface area (TPSA) is 61.8 Å². The summed E-state index contributed by atoms with van der Waals surface area (Å²) in [6, 6.07) is 0. The van der Waals surface area contributed by atoms with Gasteiger partial charge in [-0.15, -0.1) is 0 Å². The van der Waals surface area contributed by atoms with Crippen molar-refractivity contribution in [3.05, 3.63) is 0 Å². The molecule has 3 unspecified atom stereocenters. The fourth-order valence-corrected chi connectivity index (χ4v) is 1.78. The maximum absolute atomic E-state index is 13.8. The van der Waals surface area contributed by atoms with E-state index < -0.39 is 70.4 Å². The molecule has 224 valence electrons. The van der Waals surface area contributed by atoms with Crippen molar-refractivity contribution in [3.63, 3.8) is 0 Å². The van der Waals surface area contributed by atoms with Crippen molar-refractivity contribution in [1.82, 2.24) is 0 Å². The van der Waals surface area contributed by atoms with E-state index in [1.54, 1.807) is 0 Å². The first-order chi connectivity index (χ1) is 15.5. The standard InChI is InChI=1S/C10HF21O5S/c11-1(2(12,13)14)34-7(23,24)3(15,5(17,18)19)35-8(25,26)4(16,6(20,21)22)36-9(27,28)10(29,30)37(31,32)33/h1H. The molecule has 0 heterocycles. The Kier molecular flexibility index (Phi) is 8.82. The van der Waals surface area contributed by atoms with Crippen LogP contribution in [0.5, 0.6) is 0 Å². The zero-order chi connectivity index (χ0) is 30.7.